The minimum absolute atomic E-state index is 0.0306. The molecule has 0 atom stereocenters. The van der Waals surface area contributed by atoms with E-state index in [-0.39, 0.29) is 6.61 Å². The summed E-state index contributed by atoms with van der Waals surface area (Å²) in [5, 5.41) is 13.0. The van der Waals surface area contributed by atoms with Crippen LogP contribution in [0.2, 0.25) is 0 Å². The van der Waals surface area contributed by atoms with Crippen LogP contribution in [-0.4, -0.2) is 10.3 Å². The van der Waals surface area contributed by atoms with E-state index in [1.54, 1.807) is 0 Å². The summed E-state index contributed by atoms with van der Waals surface area (Å²) in [6, 6.07) is 19.0. The summed E-state index contributed by atoms with van der Waals surface area (Å²) >= 11 is 0. The molecule has 0 aliphatic rings. The monoisotopic (exact) mass is 281 g/mol. The molecule has 21 heavy (non-hydrogen) atoms. The summed E-state index contributed by atoms with van der Waals surface area (Å²) < 4.78 is 10.9. The number of aromatic nitrogens is 1. The number of ether oxygens (including phenoxy) is 1. The third kappa shape index (κ3) is 3.30. The molecule has 3 aromatic rings. The van der Waals surface area contributed by atoms with Gasteiger partial charge in [-0.1, -0.05) is 47.6 Å². The van der Waals surface area contributed by atoms with Crippen molar-refractivity contribution >= 4 is 0 Å². The first-order chi connectivity index (χ1) is 10.3. The third-order valence-electron chi connectivity index (χ3n) is 3.12. The molecular formula is C17H15NO3. The maximum Gasteiger partial charge on any atom is 0.174 e. The highest BCUT2D eigenvalue weighted by molar-refractivity contribution is 5.58. The average Bonchev–Trinajstić information content (AvgIpc) is 3.03. The third-order valence-corrected chi connectivity index (χ3v) is 3.12. The minimum atomic E-state index is 0.0306. The maximum atomic E-state index is 8.98. The summed E-state index contributed by atoms with van der Waals surface area (Å²) in [7, 11) is 0. The van der Waals surface area contributed by atoms with Gasteiger partial charge in [-0.25, -0.2) is 0 Å². The van der Waals surface area contributed by atoms with E-state index in [1.165, 1.54) is 0 Å². The summed E-state index contributed by atoms with van der Waals surface area (Å²) in [5.74, 6) is 1.39. The van der Waals surface area contributed by atoms with Crippen molar-refractivity contribution in [3.05, 3.63) is 72.0 Å². The molecule has 0 unspecified atom stereocenters. The van der Waals surface area contributed by atoms with E-state index in [0.29, 0.717) is 12.4 Å². The Morgan fingerprint density at radius 3 is 2.48 bits per heavy atom. The summed E-state index contributed by atoms with van der Waals surface area (Å²) in [6.45, 7) is 0.348. The number of nitrogens with zero attached hydrogens (tertiary/aromatic N) is 1. The zero-order valence-corrected chi connectivity index (χ0v) is 11.4. The molecule has 4 nitrogen and oxygen atoms in total. The van der Waals surface area contributed by atoms with Crippen LogP contribution in [-0.2, 0) is 13.2 Å². The van der Waals surface area contributed by atoms with Crippen molar-refractivity contribution < 1.29 is 14.4 Å². The van der Waals surface area contributed by atoms with Gasteiger partial charge in [0.2, 0.25) is 0 Å². The molecule has 1 aromatic heterocycles. The average molecular weight is 281 g/mol. The van der Waals surface area contributed by atoms with E-state index >= 15 is 0 Å². The normalized spacial score (nSPS) is 10.5. The van der Waals surface area contributed by atoms with Crippen molar-refractivity contribution in [3.8, 4) is 17.0 Å². The van der Waals surface area contributed by atoms with Crippen molar-refractivity contribution in [1.29, 1.82) is 0 Å². The zero-order valence-electron chi connectivity index (χ0n) is 11.4. The van der Waals surface area contributed by atoms with Crippen LogP contribution >= 0.6 is 0 Å². The number of rotatable bonds is 5. The van der Waals surface area contributed by atoms with Gasteiger partial charge in [-0.05, 0) is 17.7 Å². The smallest absolute Gasteiger partial charge is 0.174 e. The standard InChI is InChI=1S/C17H15NO3/c19-11-13-6-8-15(9-7-13)20-12-16-10-17(18-21-16)14-4-2-1-3-5-14/h1-10,19H,11-12H2. The molecule has 3 rings (SSSR count). The van der Waals surface area contributed by atoms with Gasteiger partial charge in [-0.2, -0.15) is 0 Å². The van der Waals surface area contributed by atoms with E-state index in [9.17, 15) is 0 Å². The molecule has 0 radical (unpaired) electrons. The fourth-order valence-electron chi connectivity index (χ4n) is 1.97. The van der Waals surface area contributed by atoms with E-state index in [0.717, 1.165) is 22.6 Å². The second kappa shape index (κ2) is 6.24. The SMILES string of the molecule is OCc1ccc(OCc2cc(-c3ccccc3)no2)cc1. The number of hydrogen-bond acceptors (Lipinski definition) is 4. The highest BCUT2D eigenvalue weighted by Gasteiger charge is 2.06. The van der Waals surface area contributed by atoms with Crippen LogP contribution in [0.4, 0.5) is 0 Å². The van der Waals surface area contributed by atoms with Crippen LogP contribution in [0.15, 0.2) is 65.2 Å². The molecule has 0 fully saturated rings. The van der Waals surface area contributed by atoms with Crippen LogP contribution in [0.25, 0.3) is 11.3 Å². The summed E-state index contributed by atoms with van der Waals surface area (Å²) in [5.41, 5.74) is 2.66. The fourth-order valence-corrected chi connectivity index (χ4v) is 1.97. The molecule has 0 amide bonds. The molecule has 0 spiro atoms. The molecule has 0 saturated heterocycles. The van der Waals surface area contributed by atoms with Gasteiger partial charge in [-0.3, -0.25) is 0 Å². The molecule has 0 aliphatic heterocycles. The second-order valence-electron chi connectivity index (χ2n) is 4.64. The highest BCUT2D eigenvalue weighted by atomic mass is 16.5. The van der Waals surface area contributed by atoms with Gasteiger partial charge < -0.3 is 14.4 Å². The lowest BCUT2D eigenvalue weighted by Gasteiger charge is -2.03. The minimum Gasteiger partial charge on any atom is -0.486 e. The van der Waals surface area contributed by atoms with E-state index in [2.05, 4.69) is 5.16 Å². The second-order valence-corrected chi connectivity index (χ2v) is 4.64. The lowest BCUT2D eigenvalue weighted by molar-refractivity contribution is 0.249. The highest BCUT2D eigenvalue weighted by Crippen LogP contribution is 2.20. The summed E-state index contributed by atoms with van der Waals surface area (Å²) in [4.78, 5) is 0. The van der Waals surface area contributed by atoms with Gasteiger partial charge in [0.15, 0.2) is 5.76 Å². The molecule has 1 heterocycles. The van der Waals surface area contributed by atoms with Crippen molar-refractivity contribution in [1.82, 2.24) is 5.16 Å². The Morgan fingerprint density at radius 2 is 1.76 bits per heavy atom. The predicted octanol–water partition coefficient (Wildman–Crippen LogP) is 3.41. The van der Waals surface area contributed by atoms with Crippen LogP contribution in [0.5, 0.6) is 5.75 Å². The van der Waals surface area contributed by atoms with Gasteiger partial charge in [0, 0.05) is 11.6 Å². The Bertz CT molecular complexity index is 690. The summed E-state index contributed by atoms with van der Waals surface area (Å²) in [6.07, 6.45) is 0. The van der Waals surface area contributed by atoms with Crippen LogP contribution in [0.1, 0.15) is 11.3 Å². The molecule has 0 bridgehead atoms. The fraction of sp³-hybridized carbons (Fsp3) is 0.118. The Morgan fingerprint density at radius 1 is 1.00 bits per heavy atom. The van der Waals surface area contributed by atoms with Crippen LogP contribution in [0.3, 0.4) is 0 Å². The van der Waals surface area contributed by atoms with Crippen molar-refractivity contribution in [2.24, 2.45) is 0 Å². The van der Waals surface area contributed by atoms with Crippen LogP contribution < -0.4 is 4.74 Å². The number of hydrogen-bond donors (Lipinski definition) is 1. The maximum absolute atomic E-state index is 8.98. The van der Waals surface area contributed by atoms with Crippen molar-refractivity contribution in [2.45, 2.75) is 13.2 Å². The molecule has 1 N–H and O–H groups in total. The topological polar surface area (TPSA) is 55.5 Å². The largest absolute Gasteiger partial charge is 0.486 e. The number of benzene rings is 2. The lowest BCUT2D eigenvalue weighted by atomic mass is 10.1. The Labute approximate surface area is 122 Å². The first-order valence-electron chi connectivity index (χ1n) is 6.69. The van der Waals surface area contributed by atoms with Gasteiger partial charge in [-0.15, -0.1) is 0 Å². The first-order valence-corrected chi connectivity index (χ1v) is 6.69. The van der Waals surface area contributed by atoms with Crippen molar-refractivity contribution in [2.75, 3.05) is 0 Å². The van der Waals surface area contributed by atoms with Gasteiger partial charge >= 0.3 is 0 Å². The Hall–Kier alpha value is -2.59. The van der Waals surface area contributed by atoms with Gasteiger partial charge in [0.25, 0.3) is 0 Å². The molecular weight excluding hydrogens is 266 g/mol. The Kier molecular flexibility index (Phi) is 3.98. The Balaban J connectivity index is 1.64. The lowest BCUT2D eigenvalue weighted by Crippen LogP contribution is -1.94. The zero-order chi connectivity index (χ0) is 14.5. The number of aliphatic hydroxyl groups is 1. The molecule has 4 heteroatoms. The van der Waals surface area contributed by atoms with Gasteiger partial charge in [0.05, 0.1) is 6.61 Å². The van der Waals surface area contributed by atoms with E-state index in [1.807, 2.05) is 60.7 Å². The quantitative estimate of drug-likeness (QED) is 0.778. The van der Waals surface area contributed by atoms with Gasteiger partial charge in [0.1, 0.15) is 18.1 Å². The van der Waals surface area contributed by atoms with Crippen LogP contribution in [0, 0.1) is 0 Å². The molecule has 2 aromatic carbocycles. The van der Waals surface area contributed by atoms with E-state index < -0.39 is 0 Å². The molecule has 0 saturated carbocycles. The molecule has 106 valence electrons. The van der Waals surface area contributed by atoms with Crippen molar-refractivity contribution in [3.63, 3.8) is 0 Å². The predicted molar refractivity (Wildman–Crippen MR) is 78.6 cm³/mol. The van der Waals surface area contributed by atoms with E-state index in [4.69, 9.17) is 14.4 Å². The molecule has 0 aliphatic carbocycles. The first kappa shape index (κ1) is 13.4. The number of aliphatic hydroxyl groups excluding tert-OH is 1.